The van der Waals surface area contributed by atoms with E-state index in [-0.39, 0.29) is 24.1 Å². The van der Waals surface area contributed by atoms with Gasteiger partial charge in [0.2, 0.25) is 0 Å². The summed E-state index contributed by atoms with van der Waals surface area (Å²) in [6.07, 6.45) is 7.60. The molecule has 0 aromatic heterocycles. The summed E-state index contributed by atoms with van der Waals surface area (Å²) in [5.74, 6) is 2.18. The molecule has 7 nitrogen and oxygen atoms in total. The molecule has 2 N–H and O–H groups in total. The van der Waals surface area contributed by atoms with Crippen LogP contribution in [0.5, 0.6) is 0 Å². The SMILES string of the molecule is CC1CC(N(C)C)CC(O)O1.CC1CCOC(C)C1.CCC1OC(=O)C(C)C(O)C(C)CC(C)C[C@@H](C)[C](=[V])[C@H](C)C[C@H]1C. The molecule has 8 heteroatoms. The van der Waals surface area contributed by atoms with E-state index in [4.69, 9.17) is 14.2 Å². The van der Waals surface area contributed by atoms with Crippen molar-refractivity contribution in [1.82, 2.24) is 4.90 Å². The normalized spacial score (nSPS) is 41.3. The predicted octanol–water partition coefficient (Wildman–Crippen LogP) is 6.64. The van der Waals surface area contributed by atoms with Gasteiger partial charge in [-0.1, -0.05) is 6.92 Å². The Kier molecular flexibility index (Phi) is 19.8. The van der Waals surface area contributed by atoms with Crippen molar-refractivity contribution in [2.45, 2.75) is 157 Å². The van der Waals surface area contributed by atoms with Gasteiger partial charge in [-0.05, 0) is 53.1 Å². The third-order valence-corrected chi connectivity index (χ3v) is 11.4. The van der Waals surface area contributed by atoms with Crippen LogP contribution in [0.1, 0.15) is 121 Å². The third kappa shape index (κ3) is 15.1. The number of hydrogen-bond acceptors (Lipinski definition) is 7. The van der Waals surface area contributed by atoms with E-state index in [1.807, 2.05) is 21.0 Å². The van der Waals surface area contributed by atoms with Crippen LogP contribution in [0.25, 0.3) is 0 Å². The first-order valence-corrected chi connectivity index (χ1v) is 18.2. The number of hydrogen-bond donors (Lipinski definition) is 2. The quantitative estimate of drug-likeness (QED) is 0.321. The number of ether oxygens (including phenoxy) is 3. The molecule has 3 fully saturated rings. The van der Waals surface area contributed by atoms with Crippen molar-refractivity contribution in [1.29, 1.82) is 0 Å². The Morgan fingerprint density at radius 1 is 0.795 bits per heavy atom. The van der Waals surface area contributed by atoms with Gasteiger partial charge >= 0.3 is 164 Å². The Balaban J connectivity index is 0.000000412. The second kappa shape index (κ2) is 20.9. The van der Waals surface area contributed by atoms with Crippen molar-refractivity contribution in [3.63, 3.8) is 0 Å². The molecule has 259 valence electrons. The fourth-order valence-electron chi connectivity index (χ4n) is 7.14. The van der Waals surface area contributed by atoms with E-state index in [1.165, 1.54) is 17.1 Å². The average Bonchev–Trinajstić information content (AvgIpc) is 2.93. The van der Waals surface area contributed by atoms with Crippen molar-refractivity contribution in [2.24, 2.45) is 41.4 Å². The Labute approximate surface area is 280 Å². The fourth-order valence-corrected chi connectivity index (χ4v) is 7.47. The Morgan fingerprint density at radius 3 is 1.91 bits per heavy atom. The summed E-state index contributed by atoms with van der Waals surface area (Å²) < 4.78 is 17.8. The van der Waals surface area contributed by atoms with Crippen LogP contribution in [0.3, 0.4) is 0 Å². The van der Waals surface area contributed by atoms with Gasteiger partial charge in [0.25, 0.3) is 0 Å². The molecule has 3 rings (SSSR count). The van der Waals surface area contributed by atoms with Crippen molar-refractivity contribution < 1.29 is 46.2 Å². The van der Waals surface area contributed by atoms with Crippen LogP contribution in [-0.2, 0) is 36.0 Å². The van der Waals surface area contributed by atoms with Crippen molar-refractivity contribution in [2.75, 3.05) is 20.7 Å². The van der Waals surface area contributed by atoms with Crippen LogP contribution >= 0.6 is 0 Å². The number of carbonyl (C=O) groups is 1. The molecule has 3 heterocycles. The van der Waals surface area contributed by atoms with Crippen LogP contribution < -0.4 is 0 Å². The Hall–Kier alpha value is -0.276. The molecule has 44 heavy (non-hydrogen) atoms. The minimum atomic E-state index is -0.638. The van der Waals surface area contributed by atoms with Gasteiger partial charge in [0.15, 0.2) is 6.29 Å². The maximum atomic E-state index is 12.5. The van der Waals surface area contributed by atoms with Gasteiger partial charge in [0, 0.05) is 19.1 Å². The summed E-state index contributed by atoms with van der Waals surface area (Å²) in [6, 6.07) is 0.466. The second-order valence-electron chi connectivity index (χ2n) is 15.0. The molecule has 3 saturated heterocycles. The van der Waals surface area contributed by atoms with E-state index < -0.39 is 18.3 Å². The molecule has 3 aliphatic rings. The van der Waals surface area contributed by atoms with Crippen molar-refractivity contribution >= 4 is 10.2 Å². The minimum absolute atomic E-state index is 0.0719. The molecule has 0 bridgehead atoms. The molecule has 13 atom stereocenters. The first kappa shape index (κ1) is 41.7. The van der Waals surface area contributed by atoms with Gasteiger partial charge in [-0.25, -0.2) is 0 Å². The first-order valence-electron chi connectivity index (χ1n) is 17.5. The molecule has 0 amide bonds. The molecule has 0 aliphatic carbocycles. The topological polar surface area (TPSA) is 88.5 Å². The van der Waals surface area contributed by atoms with Crippen molar-refractivity contribution in [3.8, 4) is 0 Å². The van der Waals surface area contributed by atoms with Gasteiger partial charge in [0.05, 0.1) is 12.2 Å². The zero-order chi connectivity index (χ0) is 33.7. The van der Waals surface area contributed by atoms with E-state index in [2.05, 4.69) is 77.3 Å². The Morgan fingerprint density at radius 2 is 1.41 bits per heavy atom. The summed E-state index contributed by atoms with van der Waals surface area (Å²) in [5.41, 5.74) is 0. The van der Waals surface area contributed by atoms with E-state index in [0.717, 1.165) is 51.0 Å². The molecule has 0 saturated carbocycles. The summed E-state index contributed by atoms with van der Waals surface area (Å²) >= 11 is 2.81. The first-order chi connectivity index (χ1) is 20.5. The third-order valence-electron chi connectivity index (χ3n) is 9.98. The Bertz CT molecular complexity index is 808. The standard InChI is InChI=1S/C21H38O3.C8H17NO2.C7H14O.V/c1-8-19-16(5)11-14(3)9-13(2)10-15(4)12-17(6)20(22)18(7)21(23)24-19;1-6-4-7(9(2)3)5-8(10)11-6;1-6-3-4-8-7(2)5-6;/h13-20,22H,8,10-12H2,1-7H3;6-8,10H,4-5H2,1-3H3;6-7H,3-5H2,1-2H3;/t13-,14-,15?,16+,17?,18?,19?,20?;;;/m0.../s1. The zero-order valence-electron chi connectivity index (χ0n) is 30.3. The van der Waals surface area contributed by atoms with Crippen LogP contribution in [0.4, 0.5) is 0 Å². The molecular weight excluding hydrogens is 593 g/mol. The van der Waals surface area contributed by atoms with E-state index in [9.17, 15) is 15.0 Å². The number of aliphatic hydroxyl groups excluding tert-OH is 2. The second-order valence-corrected chi connectivity index (χ2v) is 15.8. The molecule has 0 spiro atoms. The molecule has 0 aromatic carbocycles. The van der Waals surface area contributed by atoms with Gasteiger partial charge in [-0.15, -0.1) is 0 Å². The van der Waals surface area contributed by atoms with E-state index >= 15 is 0 Å². The van der Waals surface area contributed by atoms with Crippen LogP contribution in [0.15, 0.2) is 0 Å². The number of aliphatic hydroxyl groups is 2. The van der Waals surface area contributed by atoms with Crippen molar-refractivity contribution in [3.05, 3.63) is 0 Å². The fraction of sp³-hybridized carbons (Fsp3) is 0.944. The van der Waals surface area contributed by atoms with E-state index in [1.54, 1.807) is 6.92 Å². The molecule has 0 radical (unpaired) electrons. The monoisotopic (exact) mass is 662 g/mol. The number of esters is 1. The van der Waals surface area contributed by atoms with Gasteiger partial charge in [0.1, 0.15) is 0 Å². The predicted molar refractivity (Wildman–Crippen MR) is 177 cm³/mol. The number of cyclic esters (lactones) is 1. The molecule has 3 aliphatic heterocycles. The van der Waals surface area contributed by atoms with Gasteiger partial charge < -0.3 is 19.5 Å². The summed E-state index contributed by atoms with van der Waals surface area (Å²) in [4.78, 5) is 14.7. The number of rotatable bonds is 2. The zero-order valence-corrected chi connectivity index (χ0v) is 31.7. The van der Waals surface area contributed by atoms with Crippen LogP contribution in [0.2, 0.25) is 0 Å². The summed E-state index contributed by atoms with van der Waals surface area (Å²) in [5, 5.41) is 19.9. The molecule has 0 aromatic rings. The summed E-state index contributed by atoms with van der Waals surface area (Å²) in [7, 11) is 4.07. The molecule has 10 unspecified atom stereocenters. The summed E-state index contributed by atoms with van der Waals surface area (Å²) in [6.45, 7) is 22.4. The maximum absolute atomic E-state index is 12.5. The van der Waals surface area contributed by atoms with Gasteiger partial charge in [-0.3, -0.25) is 0 Å². The molecular formula is C36H69NO6V. The van der Waals surface area contributed by atoms with E-state index in [0.29, 0.717) is 35.8 Å². The van der Waals surface area contributed by atoms with Crippen LogP contribution in [0, 0.1) is 41.4 Å². The van der Waals surface area contributed by atoms with Crippen LogP contribution in [-0.4, -0.2) is 82.8 Å². The number of carbonyl (C=O) groups excluding carboxylic acids is 1. The number of nitrogens with zero attached hydrogens (tertiary/aromatic N) is 1. The van der Waals surface area contributed by atoms with Gasteiger partial charge in [-0.2, -0.15) is 0 Å². The average molecular weight is 663 g/mol.